The third-order valence-corrected chi connectivity index (χ3v) is 3.59. The lowest BCUT2D eigenvalue weighted by Gasteiger charge is -2.16. The Morgan fingerprint density at radius 3 is 2.45 bits per heavy atom. The normalized spacial score (nSPS) is 17.0. The van der Waals surface area contributed by atoms with Gasteiger partial charge in [-0.15, -0.1) is 0 Å². The zero-order valence-corrected chi connectivity index (χ0v) is 14.2. The number of hydrogen-bond donors (Lipinski definition) is 1. The fourth-order valence-corrected chi connectivity index (χ4v) is 2.28. The van der Waals surface area contributed by atoms with Crippen LogP contribution in [0.4, 0.5) is 0 Å². The van der Waals surface area contributed by atoms with Gasteiger partial charge in [0.05, 0.1) is 7.11 Å². The van der Waals surface area contributed by atoms with Crippen LogP contribution in [0.2, 0.25) is 0 Å². The van der Waals surface area contributed by atoms with Crippen molar-refractivity contribution in [2.75, 3.05) is 7.11 Å². The van der Waals surface area contributed by atoms with Crippen molar-refractivity contribution >= 4 is 17.8 Å². The number of carbonyl (C=O) groups excluding carboxylic acids is 1. The molecule has 1 N–H and O–H groups in total. The summed E-state index contributed by atoms with van der Waals surface area (Å²) in [6.45, 7) is 10.3. The third-order valence-electron chi connectivity index (χ3n) is 3.59. The Balaban J connectivity index is 2.39. The highest BCUT2D eigenvalue weighted by molar-refractivity contribution is 6.15. The van der Waals surface area contributed by atoms with Crippen LogP contribution in [0.1, 0.15) is 51.7 Å². The SMILES string of the molecule is COc1ccc(/C=C2/N=C(C(C)(C)C)NC2=O)cc1C(C)C. The van der Waals surface area contributed by atoms with Gasteiger partial charge in [0.1, 0.15) is 17.3 Å². The fourth-order valence-electron chi connectivity index (χ4n) is 2.28. The van der Waals surface area contributed by atoms with E-state index in [2.05, 4.69) is 24.2 Å². The lowest BCUT2D eigenvalue weighted by atomic mass is 9.95. The second kappa shape index (κ2) is 5.95. The molecule has 0 saturated heterocycles. The van der Waals surface area contributed by atoms with Gasteiger partial charge in [0.25, 0.3) is 5.91 Å². The van der Waals surface area contributed by atoms with Crippen LogP contribution < -0.4 is 10.1 Å². The molecule has 0 atom stereocenters. The van der Waals surface area contributed by atoms with E-state index in [-0.39, 0.29) is 11.3 Å². The van der Waals surface area contributed by atoms with Crippen molar-refractivity contribution < 1.29 is 9.53 Å². The molecule has 1 aromatic carbocycles. The molecule has 1 aliphatic heterocycles. The van der Waals surface area contributed by atoms with Crippen LogP contribution in [0.3, 0.4) is 0 Å². The molecular formula is C18H24N2O2. The molecule has 0 spiro atoms. The van der Waals surface area contributed by atoms with Crippen molar-refractivity contribution in [2.24, 2.45) is 10.4 Å². The Kier molecular flexibility index (Phi) is 4.40. The Labute approximate surface area is 132 Å². The van der Waals surface area contributed by atoms with Gasteiger partial charge >= 0.3 is 0 Å². The van der Waals surface area contributed by atoms with E-state index >= 15 is 0 Å². The molecule has 2 rings (SSSR count). The molecule has 118 valence electrons. The molecule has 0 aliphatic carbocycles. The molecule has 4 heteroatoms. The van der Waals surface area contributed by atoms with Crippen LogP contribution in [0, 0.1) is 5.41 Å². The van der Waals surface area contributed by atoms with Gasteiger partial charge in [0, 0.05) is 5.41 Å². The number of nitrogens with one attached hydrogen (secondary N) is 1. The van der Waals surface area contributed by atoms with E-state index in [1.165, 1.54) is 0 Å². The first-order valence-corrected chi connectivity index (χ1v) is 7.52. The highest BCUT2D eigenvalue weighted by Crippen LogP contribution is 2.29. The summed E-state index contributed by atoms with van der Waals surface area (Å²) in [5.41, 5.74) is 2.35. The van der Waals surface area contributed by atoms with Crippen LogP contribution in [0.15, 0.2) is 28.9 Å². The van der Waals surface area contributed by atoms with Crippen LogP contribution in [-0.4, -0.2) is 18.9 Å². The summed E-state index contributed by atoms with van der Waals surface area (Å²) in [5, 5.41) is 2.84. The quantitative estimate of drug-likeness (QED) is 0.865. The lowest BCUT2D eigenvalue weighted by Crippen LogP contribution is -2.34. The Bertz CT molecular complexity index is 650. The number of benzene rings is 1. The number of amides is 1. The number of methoxy groups -OCH3 is 1. The van der Waals surface area contributed by atoms with Crippen LogP contribution in [-0.2, 0) is 4.79 Å². The van der Waals surface area contributed by atoms with Gasteiger partial charge in [0.2, 0.25) is 0 Å². The molecule has 1 aliphatic rings. The molecule has 4 nitrogen and oxygen atoms in total. The van der Waals surface area contributed by atoms with Crippen molar-refractivity contribution in [1.82, 2.24) is 5.32 Å². The Morgan fingerprint density at radius 1 is 1.27 bits per heavy atom. The molecule has 1 aromatic rings. The van der Waals surface area contributed by atoms with Gasteiger partial charge in [-0.05, 0) is 35.3 Å². The summed E-state index contributed by atoms with van der Waals surface area (Å²) in [6, 6.07) is 5.92. The van der Waals surface area contributed by atoms with E-state index in [1.807, 2.05) is 45.0 Å². The zero-order valence-electron chi connectivity index (χ0n) is 14.2. The first kappa shape index (κ1) is 16.3. The number of amidine groups is 1. The van der Waals surface area contributed by atoms with E-state index in [0.717, 1.165) is 16.9 Å². The molecule has 0 radical (unpaired) electrons. The highest BCUT2D eigenvalue weighted by atomic mass is 16.5. The number of hydrogen-bond acceptors (Lipinski definition) is 3. The second-order valence-electron chi connectivity index (χ2n) is 6.85. The van der Waals surface area contributed by atoms with Gasteiger partial charge in [-0.3, -0.25) is 4.79 Å². The van der Waals surface area contributed by atoms with Gasteiger partial charge in [-0.1, -0.05) is 40.7 Å². The summed E-state index contributed by atoms with van der Waals surface area (Å²) in [4.78, 5) is 16.5. The van der Waals surface area contributed by atoms with Gasteiger partial charge in [-0.25, -0.2) is 4.99 Å². The van der Waals surface area contributed by atoms with Crippen molar-refractivity contribution in [2.45, 2.75) is 40.5 Å². The zero-order chi connectivity index (χ0) is 16.5. The summed E-state index contributed by atoms with van der Waals surface area (Å²) < 4.78 is 5.39. The predicted octanol–water partition coefficient (Wildman–Crippen LogP) is 3.73. The minimum Gasteiger partial charge on any atom is -0.496 e. The number of rotatable bonds is 3. The molecule has 0 bridgehead atoms. The van der Waals surface area contributed by atoms with Crippen molar-refractivity contribution in [3.63, 3.8) is 0 Å². The number of carbonyl (C=O) groups is 1. The molecule has 0 unspecified atom stereocenters. The van der Waals surface area contributed by atoms with E-state index in [4.69, 9.17) is 4.74 Å². The van der Waals surface area contributed by atoms with Gasteiger partial charge in [-0.2, -0.15) is 0 Å². The van der Waals surface area contributed by atoms with Crippen LogP contribution in [0.25, 0.3) is 6.08 Å². The molecular weight excluding hydrogens is 276 g/mol. The van der Waals surface area contributed by atoms with E-state index < -0.39 is 0 Å². The maximum Gasteiger partial charge on any atom is 0.275 e. The average molecular weight is 300 g/mol. The molecule has 22 heavy (non-hydrogen) atoms. The summed E-state index contributed by atoms with van der Waals surface area (Å²) in [6.07, 6.45) is 1.82. The maximum atomic E-state index is 12.1. The predicted molar refractivity (Wildman–Crippen MR) is 90.1 cm³/mol. The number of ether oxygens (including phenoxy) is 1. The second-order valence-corrected chi connectivity index (χ2v) is 6.85. The first-order valence-electron chi connectivity index (χ1n) is 7.52. The topological polar surface area (TPSA) is 50.7 Å². The lowest BCUT2D eigenvalue weighted by molar-refractivity contribution is -0.115. The Morgan fingerprint density at radius 2 is 1.95 bits per heavy atom. The highest BCUT2D eigenvalue weighted by Gasteiger charge is 2.28. The van der Waals surface area contributed by atoms with Crippen molar-refractivity contribution in [1.29, 1.82) is 0 Å². The molecule has 0 saturated carbocycles. The summed E-state index contributed by atoms with van der Waals surface area (Å²) in [7, 11) is 1.67. The van der Waals surface area contributed by atoms with Gasteiger partial charge in [0.15, 0.2) is 0 Å². The smallest absolute Gasteiger partial charge is 0.275 e. The molecule has 0 aromatic heterocycles. The van der Waals surface area contributed by atoms with E-state index in [1.54, 1.807) is 7.11 Å². The Hall–Kier alpha value is -2.10. The maximum absolute atomic E-state index is 12.1. The standard InChI is InChI=1S/C18H24N2O2/c1-11(2)13-9-12(7-8-15(13)22-6)10-14-16(21)20-17(19-14)18(3,4)5/h7-11H,1-6H3,(H,19,20,21)/b14-10+. The number of aliphatic imine (C=N–C) groups is 1. The third kappa shape index (κ3) is 3.38. The largest absolute Gasteiger partial charge is 0.496 e. The van der Waals surface area contributed by atoms with Crippen molar-refractivity contribution in [3.8, 4) is 5.75 Å². The monoisotopic (exact) mass is 300 g/mol. The summed E-state index contributed by atoms with van der Waals surface area (Å²) >= 11 is 0. The van der Waals surface area contributed by atoms with E-state index in [0.29, 0.717) is 17.5 Å². The van der Waals surface area contributed by atoms with Gasteiger partial charge < -0.3 is 10.1 Å². The van der Waals surface area contributed by atoms with Crippen LogP contribution >= 0.6 is 0 Å². The first-order chi connectivity index (χ1) is 10.2. The molecule has 1 amide bonds. The van der Waals surface area contributed by atoms with E-state index in [9.17, 15) is 4.79 Å². The minimum absolute atomic E-state index is 0.146. The molecule has 0 fully saturated rings. The van der Waals surface area contributed by atoms with Crippen LogP contribution in [0.5, 0.6) is 5.75 Å². The average Bonchev–Trinajstić information content (AvgIpc) is 2.80. The minimum atomic E-state index is -0.172. The number of nitrogens with zero attached hydrogens (tertiary/aromatic N) is 1. The van der Waals surface area contributed by atoms with Crippen molar-refractivity contribution in [3.05, 3.63) is 35.0 Å². The fraction of sp³-hybridized carbons (Fsp3) is 0.444. The summed E-state index contributed by atoms with van der Waals surface area (Å²) in [5.74, 6) is 1.78. The molecule has 1 heterocycles.